The first-order chi connectivity index (χ1) is 9.16. The summed E-state index contributed by atoms with van der Waals surface area (Å²) in [5, 5.41) is 8.56. The van der Waals surface area contributed by atoms with Crippen LogP contribution in [-0.4, -0.2) is 20.9 Å². The fourth-order valence-electron chi connectivity index (χ4n) is 1.79. The number of aromatic nitrogens is 3. The molecule has 1 heterocycles. The lowest BCUT2D eigenvalue weighted by molar-refractivity contribution is 0.0948. The van der Waals surface area contributed by atoms with Gasteiger partial charge in [-0.25, -0.2) is 0 Å². The van der Waals surface area contributed by atoms with Crippen LogP contribution in [0.4, 0.5) is 0 Å². The summed E-state index contributed by atoms with van der Waals surface area (Å²) in [6.45, 7) is 0. The Kier molecular flexibility index (Phi) is 2.97. The van der Waals surface area contributed by atoms with Crippen LogP contribution >= 0.6 is 23.2 Å². The van der Waals surface area contributed by atoms with E-state index in [0.717, 1.165) is 0 Å². The lowest BCUT2D eigenvalue weighted by atomic mass is 10.2. The zero-order valence-electron chi connectivity index (χ0n) is 9.55. The molecule has 0 aliphatic heterocycles. The van der Waals surface area contributed by atoms with Crippen LogP contribution in [0.2, 0.25) is 10.0 Å². The van der Waals surface area contributed by atoms with Gasteiger partial charge in [0, 0.05) is 5.02 Å². The van der Waals surface area contributed by atoms with Crippen molar-refractivity contribution >= 4 is 40.1 Å². The van der Waals surface area contributed by atoms with E-state index in [1.165, 1.54) is 10.7 Å². The van der Waals surface area contributed by atoms with Crippen LogP contribution in [0.5, 0.6) is 0 Å². The summed E-state index contributed by atoms with van der Waals surface area (Å²) in [5.74, 6) is -0.360. The van der Waals surface area contributed by atoms with Gasteiger partial charge in [-0.15, -0.1) is 5.10 Å². The predicted octanol–water partition coefficient (Wildman–Crippen LogP) is 3.43. The molecule has 0 N–H and O–H groups in total. The summed E-state index contributed by atoms with van der Waals surface area (Å²) in [6.07, 6.45) is 0. The number of carbonyl (C=O) groups excluding carboxylic acids is 1. The Balaban J connectivity index is 2.16. The van der Waals surface area contributed by atoms with Crippen LogP contribution in [0.3, 0.4) is 0 Å². The van der Waals surface area contributed by atoms with Gasteiger partial charge in [-0.1, -0.05) is 40.5 Å². The highest BCUT2D eigenvalue weighted by molar-refractivity contribution is 6.36. The summed E-state index contributed by atoms with van der Waals surface area (Å²) >= 11 is 11.9. The highest BCUT2D eigenvalue weighted by atomic mass is 35.5. The number of hydrogen-bond acceptors (Lipinski definition) is 3. The Hall–Kier alpha value is -1.91. The summed E-state index contributed by atoms with van der Waals surface area (Å²) in [5.41, 5.74) is 1.57. The number of nitrogens with zero attached hydrogens (tertiary/aromatic N) is 3. The molecule has 0 fully saturated rings. The minimum Gasteiger partial charge on any atom is -0.267 e. The van der Waals surface area contributed by atoms with Crippen molar-refractivity contribution in [1.82, 2.24) is 15.0 Å². The topological polar surface area (TPSA) is 47.8 Å². The van der Waals surface area contributed by atoms with E-state index in [1.54, 1.807) is 24.3 Å². The number of halogens is 2. The lowest BCUT2D eigenvalue weighted by Gasteiger charge is -2.04. The normalized spacial score (nSPS) is 10.8. The van der Waals surface area contributed by atoms with E-state index in [0.29, 0.717) is 26.6 Å². The van der Waals surface area contributed by atoms with Crippen molar-refractivity contribution in [2.45, 2.75) is 0 Å². The molecule has 4 nitrogen and oxygen atoms in total. The van der Waals surface area contributed by atoms with Gasteiger partial charge in [0.25, 0.3) is 5.91 Å². The third-order valence-corrected chi connectivity index (χ3v) is 3.27. The Bertz CT molecular complexity index is 782. The molecule has 94 valence electrons. The second-order valence-electron chi connectivity index (χ2n) is 3.92. The number of hydrogen-bond donors (Lipinski definition) is 0. The van der Waals surface area contributed by atoms with E-state index in [9.17, 15) is 4.79 Å². The van der Waals surface area contributed by atoms with Crippen molar-refractivity contribution in [1.29, 1.82) is 0 Å². The predicted molar refractivity (Wildman–Crippen MR) is 73.7 cm³/mol. The molecule has 0 bridgehead atoms. The molecule has 0 radical (unpaired) electrons. The highest BCUT2D eigenvalue weighted by Gasteiger charge is 2.17. The molecule has 0 saturated heterocycles. The van der Waals surface area contributed by atoms with Gasteiger partial charge in [0.05, 0.1) is 16.1 Å². The molecule has 0 spiro atoms. The molecule has 0 saturated carbocycles. The van der Waals surface area contributed by atoms with E-state index < -0.39 is 0 Å². The van der Waals surface area contributed by atoms with Crippen molar-refractivity contribution in [2.75, 3.05) is 0 Å². The minimum absolute atomic E-state index is 0.296. The maximum Gasteiger partial charge on any atom is 0.281 e. The van der Waals surface area contributed by atoms with Crippen molar-refractivity contribution in [3.8, 4) is 0 Å². The first-order valence-electron chi connectivity index (χ1n) is 5.47. The van der Waals surface area contributed by atoms with Crippen LogP contribution in [0, 0.1) is 0 Å². The molecule has 2 aromatic carbocycles. The van der Waals surface area contributed by atoms with Crippen LogP contribution in [0.15, 0.2) is 42.5 Å². The molecule has 6 heteroatoms. The third-order valence-electron chi connectivity index (χ3n) is 2.70. The molecule has 0 aliphatic carbocycles. The van der Waals surface area contributed by atoms with Crippen LogP contribution < -0.4 is 0 Å². The molecule has 0 atom stereocenters. The Morgan fingerprint density at radius 1 is 1.11 bits per heavy atom. The largest absolute Gasteiger partial charge is 0.281 e. The number of fused-ring (bicyclic) bond motifs is 1. The zero-order valence-corrected chi connectivity index (χ0v) is 11.1. The summed E-state index contributed by atoms with van der Waals surface area (Å²) in [4.78, 5) is 12.4. The van der Waals surface area contributed by atoms with Crippen molar-refractivity contribution < 1.29 is 4.79 Å². The summed E-state index contributed by atoms with van der Waals surface area (Å²) in [6, 6.07) is 11.9. The van der Waals surface area contributed by atoms with Gasteiger partial charge in [-0.2, -0.15) is 4.68 Å². The molecule has 0 amide bonds. The van der Waals surface area contributed by atoms with Gasteiger partial charge in [0.1, 0.15) is 5.52 Å². The monoisotopic (exact) mass is 291 g/mol. The Morgan fingerprint density at radius 2 is 1.89 bits per heavy atom. The van der Waals surface area contributed by atoms with E-state index in [2.05, 4.69) is 10.3 Å². The maximum absolute atomic E-state index is 12.4. The number of benzene rings is 2. The molecule has 19 heavy (non-hydrogen) atoms. The average molecular weight is 292 g/mol. The number of para-hydroxylation sites is 1. The van der Waals surface area contributed by atoms with Crippen LogP contribution in [0.25, 0.3) is 11.0 Å². The van der Waals surface area contributed by atoms with Gasteiger partial charge in [0.15, 0.2) is 0 Å². The van der Waals surface area contributed by atoms with Crippen molar-refractivity contribution in [3.63, 3.8) is 0 Å². The maximum atomic E-state index is 12.4. The van der Waals surface area contributed by atoms with Crippen LogP contribution in [0.1, 0.15) is 10.4 Å². The second kappa shape index (κ2) is 4.64. The lowest BCUT2D eigenvalue weighted by Crippen LogP contribution is -2.14. The number of rotatable bonds is 1. The molecule has 3 aromatic rings. The Labute approximate surface area is 118 Å². The molecule has 1 aromatic heterocycles. The SMILES string of the molecule is O=C(c1cc(Cl)ccc1Cl)n1nnc2ccccc21. The average Bonchev–Trinajstić information content (AvgIpc) is 2.84. The minimum atomic E-state index is -0.360. The van der Waals surface area contributed by atoms with Gasteiger partial charge in [-0.05, 0) is 30.3 Å². The highest BCUT2D eigenvalue weighted by Crippen LogP contribution is 2.22. The standard InChI is InChI=1S/C13H7Cl2N3O/c14-8-5-6-10(15)9(7-8)13(19)18-12-4-2-1-3-11(12)16-17-18/h1-7H. The molecule has 0 unspecified atom stereocenters. The number of carbonyl (C=O) groups is 1. The molecule has 0 aliphatic rings. The Morgan fingerprint density at radius 3 is 2.74 bits per heavy atom. The van der Waals surface area contributed by atoms with E-state index in [1.807, 2.05) is 12.1 Å². The van der Waals surface area contributed by atoms with Gasteiger partial charge in [-0.3, -0.25) is 4.79 Å². The van der Waals surface area contributed by atoms with Gasteiger partial charge >= 0.3 is 0 Å². The molecular weight excluding hydrogens is 285 g/mol. The fraction of sp³-hybridized carbons (Fsp3) is 0. The zero-order chi connectivity index (χ0) is 13.4. The van der Waals surface area contributed by atoms with E-state index in [-0.39, 0.29) is 5.91 Å². The van der Waals surface area contributed by atoms with Crippen LogP contribution in [-0.2, 0) is 0 Å². The van der Waals surface area contributed by atoms with E-state index in [4.69, 9.17) is 23.2 Å². The smallest absolute Gasteiger partial charge is 0.267 e. The van der Waals surface area contributed by atoms with Gasteiger partial charge in [0.2, 0.25) is 0 Å². The summed E-state index contributed by atoms with van der Waals surface area (Å²) in [7, 11) is 0. The van der Waals surface area contributed by atoms with Crippen molar-refractivity contribution in [3.05, 3.63) is 58.1 Å². The van der Waals surface area contributed by atoms with Crippen molar-refractivity contribution in [2.24, 2.45) is 0 Å². The quantitative estimate of drug-likeness (QED) is 0.690. The fourth-order valence-corrected chi connectivity index (χ4v) is 2.16. The third kappa shape index (κ3) is 2.09. The molecule has 3 rings (SSSR count). The first kappa shape index (κ1) is 12.1. The first-order valence-corrected chi connectivity index (χ1v) is 6.22. The van der Waals surface area contributed by atoms with E-state index >= 15 is 0 Å². The summed E-state index contributed by atoms with van der Waals surface area (Å²) < 4.78 is 1.22. The second-order valence-corrected chi connectivity index (χ2v) is 4.76. The molecular formula is C13H7Cl2N3O. The van der Waals surface area contributed by atoms with Gasteiger partial charge < -0.3 is 0 Å².